The van der Waals surface area contributed by atoms with Crippen LogP contribution in [0.25, 0.3) is 11.3 Å². The van der Waals surface area contributed by atoms with Gasteiger partial charge in [-0.05, 0) is 18.2 Å². The Hall–Kier alpha value is -1.92. The molecule has 1 heterocycles. The molecular formula is C14H16N2O3S. The number of methoxy groups -OCH3 is 3. The highest BCUT2D eigenvalue weighted by atomic mass is 32.1. The minimum atomic E-state index is 0.371. The van der Waals surface area contributed by atoms with E-state index in [2.05, 4.69) is 9.97 Å². The molecular weight excluding hydrogens is 276 g/mol. The summed E-state index contributed by atoms with van der Waals surface area (Å²) < 4.78 is 16.2. The molecule has 20 heavy (non-hydrogen) atoms. The lowest BCUT2D eigenvalue weighted by atomic mass is 10.1. The Kier molecular flexibility index (Phi) is 4.70. The molecule has 5 nitrogen and oxygen atoms in total. The van der Waals surface area contributed by atoms with Crippen molar-refractivity contribution in [3.05, 3.63) is 34.7 Å². The van der Waals surface area contributed by atoms with Gasteiger partial charge in [-0.25, -0.2) is 4.98 Å². The van der Waals surface area contributed by atoms with Crippen LogP contribution in [0.15, 0.2) is 24.3 Å². The molecule has 0 atom stereocenters. The molecule has 0 aliphatic carbocycles. The number of nitrogens with zero attached hydrogens (tertiary/aromatic N) is 1. The summed E-state index contributed by atoms with van der Waals surface area (Å²) in [5, 5.41) is 0. The van der Waals surface area contributed by atoms with E-state index < -0.39 is 0 Å². The second-order valence-corrected chi connectivity index (χ2v) is 4.50. The van der Waals surface area contributed by atoms with Crippen molar-refractivity contribution in [2.24, 2.45) is 0 Å². The highest BCUT2D eigenvalue weighted by molar-refractivity contribution is 7.71. The fourth-order valence-corrected chi connectivity index (χ4v) is 2.11. The predicted octanol–water partition coefficient (Wildman–Crippen LogP) is 2.97. The van der Waals surface area contributed by atoms with Crippen molar-refractivity contribution in [1.29, 1.82) is 0 Å². The fraction of sp³-hybridized carbons (Fsp3) is 0.286. The summed E-state index contributed by atoms with van der Waals surface area (Å²) in [5.41, 5.74) is 1.72. The van der Waals surface area contributed by atoms with E-state index in [0.717, 1.165) is 17.0 Å². The first-order chi connectivity index (χ1) is 9.67. The number of benzene rings is 1. The molecule has 1 aromatic heterocycles. The van der Waals surface area contributed by atoms with Crippen LogP contribution in [0.4, 0.5) is 0 Å². The Labute approximate surface area is 122 Å². The molecule has 6 heteroatoms. The third-order valence-electron chi connectivity index (χ3n) is 2.77. The molecule has 1 aromatic carbocycles. The largest absolute Gasteiger partial charge is 0.497 e. The molecule has 0 bridgehead atoms. The summed E-state index contributed by atoms with van der Waals surface area (Å²) in [5.74, 6) is 2.10. The average Bonchev–Trinajstić information content (AvgIpc) is 2.46. The number of hydrogen-bond acceptors (Lipinski definition) is 5. The second-order valence-electron chi connectivity index (χ2n) is 4.08. The Morgan fingerprint density at radius 2 is 1.95 bits per heavy atom. The molecule has 0 unspecified atom stereocenters. The molecule has 0 saturated heterocycles. The van der Waals surface area contributed by atoms with Crippen LogP contribution in [-0.4, -0.2) is 31.3 Å². The van der Waals surface area contributed by atoms with Gasteiger partial charge in [-0.3, -0.25) is 0 Å². The van der Waals surface area contributed by atoms with Crippen molar-refractivity contribution in [3.8, 4) is 22.8 Å². The van der Waals surface area contributed by atoms with Crippen LogP contribution < -0.4 is 9.47 Å². The lowest BCUT2D eigenvalue weighted by Gasteiger charge is -2.11. The van der Waals surface area contributed by atoms with Crippen LogP contribution in [0.3, 0.4) is 0 Å². The van der Waals surface area contributed by atoms with Crippen LogP contribution in [0.5, 0.6) is 11.5 Å². The molecule has 0 radical (unpaired) electrons. The van der Waals surface area contributed by atoms with E-state index in [0.29, 0.717) is 22.8 Å². The number of ether oxygens (including phenoxy) is 3. The summed E-state index contributed by atoms with van der Waals surface area (Å²) in [7, 11) is 4.84. The third-order valence-corrected chi connectivity index (χ3v) is 2.98. The van der Waals surface area contributed by atoms with Gasteiger partial charge in [0.2, 0.25) is 0 Å². The lowest BCUT2D eigenvalue weighted by Crippen LogP contribution is -2.00. The summed E-state index contributed by atoms with van der Waals surface area (Å²) >= 11 is 5.18. The monoisotopic (exact) mass is 292 g/mol. The van der Waals surface area contributed by atoms with E-state index in [1.807, 2.05) is 18.2 Å². The number of rotatable bonds is 5. The minimum absolute atomic E-state index is 0.371. The van der Waals surface area contributed by atoms with Crippen LogP contribution in [-0.2, 0) is 11.3 Å². The third kappa shape index (κ3) is 3.15. The zero-order valence-electron chi connectivity index (χ0n) is 11.6. The maximum Gasteiger partial charge on any atom is 0.134 e. The smallest absolute Gasteiger partial charge is 0.134 e. The molecule has 0 amide bonds. The molecule has 0 aliphatic rings. The van der Waals surface area contributed by atoms with Gasteiger partial charge in [0, 0.05) is 18.7 Å². The van der Waals surface area contributed by atoms with Gasteiger partial charge < -0.3 is 19.2 Å². The first-order valence-corrected chi connectivity index (χ1v) is 6.40. The molecule has 2 rings (SSSR count). The summed E-state index contributed by atoms with van der Waals surface area (Å²) in [6.07, 6.45) is 0. The van der Waals surface area contributed by atoms with E-state index in [1.54, 1.807) is 27.4 Å². The van der Waals surface area contributed by atoms with E-state index in [1.165, 1.54) is 0 Å². The lowest BCUT2D eigenvalue weighted by molar-refractivity contribution is 0.177. The van der Waals surface area contributed by atoms with Crippen molar-refractivity contribution in [1.82, 2.24) is 9.97 Å². The second kappa shape index (κ2) is 6.49. The molecule has 0 aliphatic heterocycles. The zero-order valence-corrected chi connectivity index (χ0v) is 12.4. The van der Waals surface area contributed by atoms with Gasteiger partial charge in [0.1, 0.15) is 28.6 Å². The van der Waals surface area contributed by atoms with E-state index in [-0.39, 0.29) is 0 Å². The molecule has 0 fully saturated rings. The maximum atomic E-state index is 5.40. The first kappa shape index (κ1) is 14.5. The van der Waals surface area contributed by atoms with Gasteiger partial charge in [-0.1, -0.05) is 12.2 Å². The van der Waals surface area contributed by atoms with Gasteiger partial charge in [-0.15, -0.1) is 0 Å². The molecule has 2 aromatic rings. The van der Waals surface area contributed by atoms with Gasteiger partial charge in [0.25, 0.3) is 0 Å². The minimum Gasteiger partial charge on any atom is -0.497 e. The number of aromatic amines is 1. The Bertz CT molecular complexity index is 655. The van der Waals surface area contributed by atoms with Crippen LogP contribution in [0, 0.1) is 4.64 Å². The Balaban J connectivity index is 2.52. The average molecular weight is 292 g/mol. The van der Waals surface area contributed by atoms with Crippen LogP contribution >= 0.6 is 12.2 Å². The molecule has 1 N–H and O–H groups in total. The van der Waals surface area contributed by atoms with E-state index >= 15 is 0 Å². The van der Waals surface area contributed by atoms with Crippen LogP contribution in [0.1, 0.15) is 5.82 Å². The number of nitrogens with one attached hydrogen (secondary N) is 1. The zero-order chi connectivity index (χ0) is 14.5. The molecule has 106 valence electrons. The predicted molar refractivity (Wildman–Crippen MR) is 78.7 cm³/mol. The Morgan fingerprint density at radius 1 is 1.15 bits per heavy atom. The van der Waals surface area contributed by atoms with Crippen molar-refractivity contribution < 1.29 is 14.2 Å². The first-order valence-electron chi connectivity index (χ1n) is 5.99. The van der Waals surface area contributed by atoms with Crippen molar-refractivity contribution in [2.75, 3.05) is 21.3 Å². The quantitative estimate of drug-likeness (QED) is 0.859. The normalized spacial score (nSPS) is 10.3. The standard InChI is InChI=1S/C14H16N2O3S/c1-17-8-13-15-11(7-14(20)16-13)10-5-4-9(18-2)6-12(10)19-3/h4-7H,8H2,1-3H3,(H,15,16,20). The topological polar surface area (TPSA) is 56.4 Å². The van der Waals surface area contributed by atoms with Crippen molar-refractivity contribution >= 4 is 12.2 Å². The van der Waals surface area contributed by atoms with Gasteiger partial charge >= 0.3 is 0 Å². The highest BCUT2D eigenvalue weighted by Gasteiger charge is 2.09. The molecule has 0 spiro atoms. The Morgan fingerprint density at radius 3 is 2.60 bits per heavy atom. The van der Waals surface area contributed by atoms with Gasteiger partial charge in [0.15, 0.2) is 0 Å². The van der Waals surface area contributed by atoms with E-state index in [4.69, 9.17) is 26.4 Å². The van der Waals surface area contributed by atoms with Crippen LogP contribution in [0.2, 0.25) is 0 Å². The highest BCUT2D eigenvalue weighted by Crippen LogP contribution is 2.32. The molecule has 0 saturated carbocycles. The summed E-state index contributed by atoms with van der Waals surface area (Å²) in [6.45, 7) is 0.371. The van der Waals surface area contributed by atoms with Gasteiger partial charge in [0.05, 0.1) is 19.9 Å². The number of H-pyrrole nitrogens is 1. The van der Waals surface area contributed by atoms with Crippen molar-refractivity contribution in [2.45, 2.75) is 6.61 Å². The van der Waals surface area contributed by atoms with E-state index in [9.17, 15) is 0 Å². The SMILES string of the molecule is COCc1nc(=S)cc(-c2ccc(OC)cc2OC)[nH]1. The maximum absolute atomic E-state index is 5.40. The summed E-state index contributed by atoms with van der Waals surface area (Å²) in [4.78, 5) is 7.40. The number of hydrogen-bond donors (Lipinski definition) is 1. The summed E-state index contributed by atoms with van der Waals surface area (Å²) in [6, 6.07) is 7.39. The number of aromatic nitrogens is 2. The van der Waals surface area contributed by atoms with Crippen molar-refractivity contribution in [3.63, 3.8) is 0 Å². The fourth-order valence-electron chi connectivity index (χ4n) is 1.88. The van der Waals surface area contributed by atoms with Gasteiger partial charge in [-0.2, -0.15) is 0 Å².